The maximum atomic E-state index is 6.24. The van der Waals surface area contributed by atoms with Crippen LogP contribution in [0.2, 0.25) is 10.0 Å². The zero-order chi connectivity index (χ0) is 18.5. The second kappa shape index (κ2) is 8.49. The number of benzene rings is 2. The fourth-order valence-corrected chi connectivity index (χ4v) is 2.90. The number of aryl methyl sites for hydroxylation is 1. The summed E-state index contributed by atoms with van der Waals surface area (Å²) in [6.45, 7) is 1.86. The average Bonchev–Trinajstić information content (AvgIpc) is 2.62. The SMILES string of the molecule is Cc1nccc(NC(=S)Cc2ccc(Oc3ccc(Cl)cc3)cc2)c1Cl. The number of hydrogen-bond acceptors (Lipinski definition) is 3. The molecule has 0 aliphatic heterocycles. The number of aromatic nitrogens is 1. The summed E-state index contributed by atoms with van der Waals surface area (Å²) in [5.41, 5.74) is 2.61. The summed E-state index contributed by atoms with van der Waals surface area (Å²) in [5.74, 6) is 1.49. The van der Waals surface area contributed by atoms with Gasteiger partial charge in [-0.05, 0) is 55.0 Å². The molecule has 0 spiro atoms. The quantitative estimate of drug-likeness (QED) is 0.495. The summed E-state index contributed by atoms with van der Waals surface area (Å²) in [6.07, 6.45) is 2.31. The third-order valence-corrected chi connectivity index (χ3v) is 4.65. The number of rotatable bonds is 5. The molecule has 3 rings (SSSR count). The first-order valence-corrected chi connectivity index (χ1v) is 9.11. The number of pyridine rings is 1. The first-order valence-electron chi connectivity index (χ1n) is 7.94. The molecule has 3 nitrogen and oxygen atoms in total. The molecule has 0 saturated heterocycles. The van der Waals surface area contributed by atoms with Crippen LogP contribution in [0.1, 0.15) is 11.3 Å². The van der Waals surface area contributed by atoms with E-state index in [-0.39, 0.29) is 0 Å². The predicted molar refractivity (Wildman–Crippen MR) is 112 cm³/mol. The summed E-state index contributed by atoms with van der Waals surface area (Å²) >= 11 is 17.6. The van der Waals surface area contributed by atoms with Gasteiger partial charge in [0.25, 0.3) is 0 Å². The number of nitrogens with one attached hydrogen (secondary N) is 1. The lowest BCUT2D eigenvalue weighted by atomic mass is 10.1. The van der Waals surface area contributed by atoms with Gasteiger partial charge in [-0.2, -0.15) is 0 Å². The molecule has 132 valence electrons. The Labute approximate surface area is 167 Å². The van der Waals surface area contributed by atoms with Crippen molar-refractivity contribution in [2.75, 3.05) is 5.32 Å². The lowest BCUT2D eigenvalue weighted by Gasteiger charge is -2.11. The van der Waals surface area contributed by atoms with E-state index in [1.165, 1.54) is 0 Å². The maximum absolute atomic E-state index is 6.24. The Hall–Kier alpha value is -2.14. The minimum absolute atomic E-state index is 0.585. The molecule has 0 amide bonds. The van der Waals surface area contributed by atoms with Crippen LogP contribution in [0.4, 0.5) is 5.69 Å². The predicted octanol–water partition coefficient (Wildman–Crippen LogP) is 6.47. The smallest absolute Gasteiger partial charge is 0.127 e. The number of anilines is 1. The van der Waals surface area contributed by atoms with E-state index in [1.807, 2.05) is 49.4 Å². The Morgan fingerprint density at radius 2 is 1.62 bits per heavy atom. The highest BCUT2D eigenvalue weighted by atomic mass is 35.5. The van der Waals surface area contributed by atoms with Gasteiger partial charge >= 0.3 is 0 Å². The first-order chi connectivity index (χ1) is 12.5. The third kappa shape index (κ3) is 4.94. The molecular weight excluding hydrogens is 387 g/mol. The molecule has 0 aliphatic rings. The normalized spacial score (nSPS) is 10.4. The lowest BCUT2D eigenvalue weighted by Crippen LogP contribution is -2.12. The molecule has 0 bridgehead atoms. The Kier molecular flexibility index (Phi) is 6.09. The molecule has 1 heterocycles. The van der Waals surface area contributed by atoms with Gasteiger partial charge in [0.1, 0.15) is 11.5 Å². The highest BCUT2D eigenvalue weighted by molar-refractivity contribution is 7.80. The minimum Gasteiger partial charge on any atom is -0.457 e. The monoisotopic (exact) mass is 402 g/mol. The van der Waals surface area contributed by atoms with Crippen molar-refractivity contribution >= 4 is 46.1 Å². The van der Waals surface area contributed by atoms with Crippen LogP contribution in [0, 0.1) is 6.92 Å². The van der Waals surface area contributed by atoms with Gasteiger partial charge in [-0.25, -0.2) is 0 Å². The van der Waals surface area contributed by atoms with Gasteiger partial charge in [0.2, 0.25) is 0 Å². The van der Waals surface area contributed by atoms with Crippen LogP contribution in [0.3, 0.4) is 0 Å². The van der Waals surface area contributed by atoms with Gasteiger partial charge in [-0.3, -0.25) is 4.98 Å². The minimum atomic E-state index is 0.585. The van der Waals surface area contributed by atoms with E-state index >= 15 is 0 Å². The van der Waals surface area contributed by atoms with Crippen molar-refractivity contribution in [2.45, 2.75) is 13.3 Å². The molecule has 0 unspecified atom stereocenters. The molecule has 0 aliphatic carbocycles. The fourth-order valence-electron chi connectivity index (χ4n) is 2.34. The molecule has 0 saturated carbocycles. The zero-order valence-electron chi connectivity index (χ0n) is 14.0. The largest absolute Gasteiger partial charge is 0.457 e. The average molecular weight is 403 g/mol. The number of nitrogens with zero attached hydrogens (tertiary/aromatic N) is 1. The van der Waals surface area contributed by atoms with E-state index in [1.54, 1.807) is 18.3 Å². The van der Waals surface area contributed by atoms with Gasteiger partial charge in [-0.1, -0.05) is 47.6 Å². The Morgan fingerprint density at radius 1 is 1.00 bits per heavy atom. The van der Waals surface area contributed by atoms with E-state index in [0.717, 1.165) is 28.4 Å². The third-order valence-electron chi connectivity index (χ3n) is 3.67. The number of ether oxygens (including phenoxy) is 1. The Bertz CT molecular complexity index is 912. The number of thiocarbonyl (C=S) groups is 1. The van der Waals surface area contributed by atoms with E-state index < -0.39 is 0 Å². The summed E-state index contributed by atoms with van der Waals surface area (Å²) in [5, 5.41) is 4.44. The second-order valence-electron chi connectivity index (χ2n) is 5.68. The second-order valence-corrected chi connectivity index (χ2v) is 6.99. The van der Waals surface area contributed by atoms with Crippen molar-refractivity contribution in [1.29, 1.82) is 0 Å². The number of halogens is 2. The van der Waals surface area contributed by atoms with Gasteiger partial charge in [0, 0.05) is 17.6 Å². The standard InChI is InChI=1S/C20H16Cl2N2OS/c1-13-20(22)18(10-11-23-13)24-19(26)12-14-2-6-16(7-3-14)25-17-8-4-15(21)5-9-17/h2-11H,12H2,1H3,(H,23,24,26). The van der Waals surface area contributed by atoms with Crippen molar-refractivity contribution in [1.82, 2.24) is 4.98 Å². The van der Waals surface area contributed by atoms with Crippen LogP contribution in [-0.2, 0) is 6.42 Å². The van der Waals surface area contributed by atoms with Crippen LogP contribution >= 0.6 is 35.4 Å². The summed E-state index contributed by atoms with van der Waals surface area (Å²) in [4.78, 5) is 4.83. The van der Waals surface area contributed by atoms with Gasteiger partial charge in [0.15, 0.2) is 0 Å². The Balaban J connectivity index is 1.60. The van der Waals surface area contributed by atoms with E-state index in [0.29, 0.717) is 21.5 Å². The summed E-state index contributed by atoms with van der Waals surface area (Å²) < 4.78 is 5.79. The van der Waals surface area contributed by atoms with Crippen molar-refractivity contribution < 1.29 is 4.74 Å². The molecule has 1 aromatic heterocycles. The molecule has 26 heavy (non-hydrogen) atoms. The lowest BCUT2D eigenvalue weighted by molar-refractivity contribution is 0.482. The molecule has 1 N–H and O–H groups in total. The van der Waals surface area contributed by atoms with Crippen molar-refractivity contribution in [3.05, 3.63) is 82.1 Å². The molecule has 6 heteroatoms. The van der Waals surface area contributed by atoms with E-state index in [2.05, 4.69) is 10.3 Å². The highest BCUT2D eigenvalue weighted by Crippen LogP contribution is 2.25. The zero-order valence-corrected chi connectivity index (χ0v) is 16.3. The molecule has 0 fully saturated rings. The van der Waals surface area contributed by atoms with Crippen LogP contribution in [-0.4, -0.2) is 9.97 Å². The summed E-state index contributed by atoms with van der Waals surface area (Å²) in [7, 11) is 0. The Morgan fingerprint density at radius 3 is 2.27 bits per heavy atom. The van der Waals surface area contributed by atoms with Crippen molar-refractivity contribution in [3.63, 3.8) is 0 Å². The molecule has 0 atom stereocenters. The molecule has 0 radical (unpaired) electrons. The van der Waals surface area contributed by atoms with Gasteiger partial charge < -0.3 is 10.1 Å². The molecule has 3 aromatic rings. The van der Waals surface area contributed by atoms with Crippen molar-refractivity contribution in [2.24, 2.45) is 0 Å². The topological polar surface area (TPSA) is 34.2 Å². The summed E-state index contributed by atoms with van der Waals surface area (Å²) in [6, 6.07) is 16.8. The van der Waals surface area contributed by atoms with Gasteiger partial charge in [-0.15, -0.1) is 0 Å². The van der Waals surface area contributed by atoms with E-state index in [4.69, 9.17) is 40.2 Å². The van der Waals surface area contributed by atoms with Crippen LogP contribution in [0.5, 0.6) is 11.5 Å². The van der Waals surface area contributed by atoms with Crippen molar-refractivity contribution in [3.8, 4) is 11.5 Å². The first kappa shape index (κ1) is 18.6. The fraction of sp³-hybridized carbons (Fsp3) is 0.100. The molecule has 2 aromatic carbocycles. The van der Waals surface area contributed by atoms with Gasteiger partial charge in [0.05, 0.1) is 21.4 Å². The highest BCUT2D eigenvalue weighted by Gasteiger charge is 2.07. The van der Waals surface area contributed by atoms with Crippen LogP contribution in [0.25, 0.3) is 0 Å². The van der Waals surface area contributed by atoms with E-state index in [9.17, 15) is 0 Å². The maximum Gasteiger partial charge on any atom is 0.127 e. The molecular formula is C20H16Cl2N2OS. The van der Waals surface area contributed by atoms with Crippen LogP contribution in [0.15, 0.2) is 60.8 Å². The number of hydrogen-bond donors (Lipinski definition) is 1. The van der Waals surface area contributed by atoms with Crippen LogP contribution < -0.4 is 10.1 Å².